The second kappa shape index (κ2) is 47.6. The Kier molecular flexibility index (Phi) is 47.1. The number of ether oxygens (including phenoxy) is 1. The molecule has 0 aromatic rings. The van der Waals surface area contributed by atoms with E-state index in [-0.39, 0.29) is 5.97 Å². The molecular formula is C51H102O2. The maximum absolute atomic E-state index is 12.1. The van der Waals surface area contributed by atoms with Gasteiger partial charge in [-0.25, -0.2) is 0 Å². The number of carbonyl (C=O) groups is 1. The smallest absolute Gasteiger partial charge is 0.305 e. The van der Waals surface area contributed by atoms with Crippen molar-refractivity contribution in [3.63, 3.8) is 0 Å². The minimum atomic E-state index is 0.0339. The number of hydrogen-bond acceptors (Lipinski definition) is 2. The summed E-state index contributed by atoms with van der Waals surface area (Å²) in [7, 11) is 0. The highest BCUT2D eigenvalue weighted by atomic mass is 16.5. The molecule has 0 aromatic heterocycles. The van der Waals surface area contributed by atoms with Crippen molar-refractivity contribution in [1.82, 2.24) is 0 Å². The first-order chi connectivity index (χ1) is 26.2. The summed E-state index contributed by atoms with van der Waals surface area (Å²) in [5.74, 6) is 0.970. The maximum Gasteiger partial charge on any atom is 0.305 e. The van der Waals surface area contributed by atoms with Gasteiger partial charge in [0.05, 0.1) is 6.61 Å². The first-order valence-corrected chi connectivity index (χ1v) is 25.4. The zero-order valence-corrected chi connectivity index (χ0v) is 37.4. The van der Waals surface area contributed by atoms with Crippen molar-refractivity contribution in [3.8, 4) is 0 Å². The highest BCUT2D eigenvalue weighted by Gasteiger charge is 2.03. The van der Waals surface area contributed by atoms with Gasteiger partial charge in [-0.05, 0) is 18.8 Å². The second-order valence-corrected chi connectivity index (χ2v) is 17.8. The van der Waals surface area contributed by atoms with Crippen LogP contribution in [0.3, 0.4) is 0 Å². The lowest BCUT2D eigenvalue weighted by Crippen LogP contribution is -2.05. The van der Waals surface area contributed by atoms with Crippen molar-refractivity contribution in [2.75, 3.05) is 6.61 Å². The van der Waals surface area contributed by atoms with Gasteiger partial charge in [-0.2, -0.15) is 0 Å². The highest BCUT2D eigenvalue weighted by molar-refractivity contribution is 5.69. The van der Waals surface area contributed by atoms with E-state index < -0.39 is 0 Å². The van der Waals surface area contributed by atoms with Crippen molar-refractivity contribution in [3.05, 3.63) is 0 Å². The number of esters is 1. The molecule has 0 fully saturated rings. The van der Waals surface area contributed by atoms with Crippen LogP contribution >= 0.6 is 0 Å². The van der Waals surface area contributed by atoms with Gasteiger partial charge in [0.1, 0.15) is 0 Å². The number of unbranched alkanes of at least 4 members (excludes halogenated alkanes) is 40. The second-order valence-electron chi connectivity index (χ2n) is 17.8. The third-order valence-corrected chi connectivity index (χ3v) is 12.3. The molecule has 0 spiro atoms. The van der Waals surface area contributed by atoms with Crippen molar-refractivity contribution in [1.29, 1.82) is 0 Å². The van der Waals surface area contributed by atoms with Crippen LogP contribution in [0.25, 0.3) is 0 Å². The molecule has 0 N–H and O–H groups in total. The lowest BCUT2D eigenvalue weighted by Gasteiger charge is -2.07. The van der Waals surface area contributed by atoms with Gasteiger partial charge in [0, 0.05) is 6.42 Å². The van der Waals surface area contributed by atoms with Crippen molar-refractivity contribution in [2.45, 2.75) is 310 Å². The van der Waals surface area contributed by atoms with Crippen LogP contribution in [0.15, 0.2) is 0 Å². The summed E-state index contributed by atoms with van der Waals surface area (Å²) < 4.78 is 5.50. The van der Waals surface area contributed by atoms with Crippen LogP contribution in [0.4, 0.5) is 0 Å². The summed E-state index contributed by atoms with van der Waals surface area (Å²) in [6.07, 6.45) is 62.3. The minimum Gasteiger partial charge on any atom is -0.466 e. The fourth-order valence-electron chi connectivity index (χ4n) is 8.12. The van der Waals surface area contributed by atoms with Gasteiger partial charge >= 0.3 is 5.97 Å². The van der Waals surface area contributed by atoms with Crippen LogP contribution in [-0.2, 0) is 9.53 Å². The largest absolute Gasteiger partial charge is 0.466 e. The Bertz CT molecular complexity index is 659. The lowest BCUT2D eigenvalue weighted by atomic mass is 9.99. The van der Waals surface area contributed by atoms with Gasteiger partial charge < -0.3 is 4.74 Å². The Labute approximate surface area is 336 Å². The molecule has 1 unspecified atom stereocenters. The third-order valence-electron chi connectivity index (χ3n) is 12.3. The van der Waals surface area contributed by atoms with E-state index in [2.05, 4.69) is 20.8 Å². The molecule has 2 nitrogen and oxygen atoms in total. The summed E-state index contributed by atoms with van der Waals surface area (Å²) >= 11 is 0. The highest BCUT2D eigenvalue weighted by Crippen LogP contribution is 2.18. The van der Waals surface area contributed by atoms with E-state index in [9.17, 15) is 4.79 Å². The average Bonchev–Trinajstić information content (AvgIpc) is 3.16. The molecule has 0 aromatic carbocycles. The van der Waals surface area contributed by atoms with Crippen LogP contribution in [-0.4, -0.2) is 12.6 Å². The molecular weight excluding hydrogens is 645 g/mol. The zero-order chi connectivity index (χ0) is 38.4. The quantitative estimate of drug-likeness (QED) is 0.0458. The fraction of sp³-hybridized carbons (Fsp3) is 0.980. The molecule has 0 radical (unpaired) electrons. The normalized spacial score (nSPS) is 12.1. The van der Waals surface area contributed by atoms with Crippen molar-refractivity contribution in [2.24, 2.45) is 5.92 Å². The predicted molar refractivity (Wildman–Crippen MR) is 239 cm³/mol. The molecule has 0 aliphatic heterocycles. The first-order valence-electron chi connectivity index (χ1n) is 25.4. The van der Waals surface area contributed by atoms with Crippen molar-refractivity contribution >= 4 is 5.97 Å². The van der Waals surface area contributed by atoms with Gasteiger partial charge in [-0.15, -0.1) is 0 Å². The molecule has 2 heteroatoms. The molecule has 1 atom stereocenters. The molecule has 0 rings (SSSR count). The molecule has 0 saturated heterocycles. The number of hydrogen-bond donors (Lipinski definition) is 0. The predicted octanol–water partition coefficient (Wildman–Crippen LogP) is 18.8. The number of carbonyl (C=O) groups excluding carboxylic acids is 1. The van der Waals surface area contributed by atoms with Crippen LogP contribution in [0.1, 0.15) is 310 Å². The van der Waals surface area contributed by atoms with E-state index in [0.29, 0.717) is 13.0 Å². The zero-order valence-electron chi connectivity index (χ0n) is 37.4. The van der Waals surface area contributed by atoms with E-state index >= 15 is 0 Å². The summed E-state index contributed by atoms with van der Waals surface area (Å²) in [5, 5.41) is 0. The monoisotopic (exact) mass is 747 g/mol. The lowest BCUT2D eigenvalue weighted by molar-refractivity contribution is -0.143. The topological polar surface area (TPSA) is 26.3 Å². The first kappa shape index (κ1) is 52.5. The average molecular weight is 747 g/mol. The molecule has 0 saturated carbocycles. The van der Waals surface area contributed by atoms with Gasteiger partial charge in [-0.1, -0.05) is 290 Å². The van der Waals surface area contributed by atoms with Gasteiger partial charge in [-0.3, -0.25) is 4.79 Å². The summed E-state index contributed by atoms with van der Waals surface area (Å²) in [6, 6.07) is 0. The molecule has 0 aliphatic carbocycles. The van der Waals surface area contributed by atoms with Gasteiger partial charge in [0.2, 0.25) is 0 Å². The maximum atomic E-state index is 12.1. The molecule has 0 amide bonds. The Hall–Kier alpha value is -0.530. The summed E-state index contributed by atoms with van der Waals surface area (Å²) in [6.45, 7) is 7.66. The van der Waals surface area contributed by atoms with Crippen LogP contribution in [0, 0.1) is 5.92 Å². The van der Waals surface area contributed by atoms with Crippen LogP contribution in [0.5, 0.6) is 0 Å². The van der Waals surface area contributed by atoms with E-state index in [4.69, 9.17) is 4.74 Å². The fourth-order valence-corrected chi connectivity index (χ4v) is 8.12. The van der Waals surface area contributed by atoms with Crippen LogP contribution in [0.2, 0.25) is 0 Å². The summed E-state index contributed by atoms with van der Waals surface area (Å²) in [4.78, 5) is 12.1. The SMILES string of the molecule is CCCCCCCCCCCCCCCCCCCCCCOC(=O)CCCCCCCCCCCCCCCCCCCCCCCCC(C)CC. The summed E-state index contributed by atoms with van der Waals surface area (Å²) in [5.41, 5.74) is 0. The van der Waals surface area contributed by atoms with E-state index in [1.165, 1.54) is 270 Å². The number of rotatable bonds is 47. The minimum absolute atomic E-state index is 0.0339. The van der Waals surface area contributed by atoms with Crippen molar-refractivity contribution < 1.29 is 9.53 Å². The van der Waals surface area contributed by atoms with Crippen LogP contribution < -0.4 is 0 Å². The van der Waals surface area contributed by atoms with Gasteiger partial charge in [0.15, 0.2) is 0 Å². The molecule has 0 heterocycles. The Morgan fingerprint density at radius 2 is 0.585 bits per heavy atom. The standard InChI is InChI=1S/C51H102O2/c1-4-6-7-8-9-10-11-12-13-14-15-22-25-28-31-34-37-40-43-46-49-53-51(52)48-45-42-39-36-33-30-27-24-21-19-17-16-18-20-23-26-29-32-35-38-41-44-47-50(3)5-2/h50H,4-49H2,1-3H3. The van der Waals surface area contributed by atoms with E-state index in [1.807, 2.05) is 0 Å². The Balaban J connectivity index is 3.15. The molecule has 0 bridgehead atoms. The molecule has 318 valence electrons. The van der Waals surface area contributed by atoms with E-state index in [1.54, 1.807) is 0 Å². The molecule has 0 aliphatic rings. The third kappa shape index (κ3) is 47.5. The Morgan fingerprint density at radius 3 is 0.868 bits per heavy atom. The molecule has 53 heavy (non-hydrogen) atoms. The van der Waals surface area contributed by atoms with E-state index in [0.717, 1.165) is 18.8 Å². The van der Waals surface area contributed by atoms with Gasteiger partial charge in [0.25, 0.3) is 0 Å². The Morgan fingerprint density at radius 1 is 0.340 bits per heavy atom.